The van der Waals surface area contributed by atoms with Gasteiger partial charge < -0.3 is 25.6 Å². The molecule has 3 rings (SSSR count). The Hall–Kier alpha value is -2.67. The van der Waals surface area contributed by atoms with Gasteiger partial charge in [0.15, 0.2) is 0 Å². The number of fused-ring (bicyclic) bond motifs is 1. The van der Waals surface area contributed by atoms with E-state index in [1.54, 1.807) is 6.08 Å². The Bertz CT molecular complexity index is 856. The molecule has 0 aliphatic heterocycles. The number of aryl methyl sites for hydroxylation is 1. The van der Waals surface area contributed by atoms with Crippen molar-refractivity contribution in [2.24, 2.45) is 0 Å². The predicted octanol–water partition coefficient (Wildman–Crippen LogP) is 3.51. The lowest BCUT2D eigenvalue weighted by atomic mass is 10.0. The average molecular weight is 411 g/mol. The number of aliphatic hydroxyl groups is 1. The van der Waals surface area contributed by atoms with Crippen molar-refractivity contribution >= 4 is 6.09 Å². The first-order valence-corrected chi connectivity index (χ1v) is 10.3. The van der Waals surface area contributed by atoms with Gasteiger partial charge in [-0.1, -0.05) is 60.2 Å². The number of hydrogen-bond donors (Lipinski definition) is 4. The molecule has 6 nitrogen and oxygen atoms in total. The molecule has 0 fully saturated rings. The van der Waals surface area contributed by atoms with E-state index in [-0.39, 0.29) is 18.7 Å². The van der Waals surface area contributed by atoms with Crippen LogP contribution in [0.15, 0.2) is 61.2 Å². The second-order valence-corrected chi connectivity index (χ2v) is 7.75. The molecular weight excluding hydrogens is 380 g/mol. The van der Waals surface area contributed by atoms with Crippen molar-refractivity contribution in [1.29, 1.82) is 0 Å². The van der Waals surface area contributed by atoms with Crippen LogP contribution in [-0.2, 0) is 11.2 Å². The number of amides is 1. The zero-order valence-electron chi connectivity index (χ0n) is 17.3. The summed E-state index contributed by atoms with van der Waals surface area (Å²) in [4.78, 5) is 11.2. The maximum atomic E-state index is 11.2. The third kappa shape index (κ3) is 5.69. The highest BCUT2D eigenvalue weighted by atomic mass is 16.5. The number of nitrogens with one attached hydrogen (secondary N) is 2. The number of ether oxygens (including phenoxy) is 1. The van der Waals surface area contributed by atoms with E-state index in [0.29, 0.717) is 13.0 Å². The highest BCUT2D eigenvalue weighted by Gasteiger charge is 2.32. The topological polar surface area (TPSA) is 90.8 Å². The molecule has 0 spiro atoms. The summed E-state index contributed by atoms with van der Waals surface area (Å²) in [5.74, 6) is 0. The van der Waals surface area contributed by atoms with Crippen molar-refractivity contribution < 1.29 is 19.7 Å². The summed E-state index contributed by atoms with van der Waals surface area (Å²) >= 11 is 0. The standard InChI is InChI=1S/C24H30N2O4/c1-3-11-30-23-14-20(19-12-16(2)9-10-18(19)23)25-15-22(27)21(26-24(28)29)13-17-7-5-4-6-8-17/h3-10,12,20-23,25-27H,1,11,13-15H2,2H3,(H,28,29)/t20-,21?,22+,23+/m0/s1. The maximum Gasteiger partial charge on any atom is 0.404 e. The summed E-state index contributed by atoms with van der Waals surface area (Å²) in [6.07, 6.45) is 0.878. The van der Waals surface area contributed by atoms with Gasteiger partial charge in [-0.25, -0.2) is 4.79 Å². The third-order valence-electron chi connectivity index (χ3n) is 5.47. The second-order valence-electron chi connectivity index (χ2n) is 7.75. The third-order valence-corrected chi connectivity index (χ3v) is 5.47. The largest absolute Gasteiger partial charge is 0.465 e. The van der Waals surface area contributed by atoms with Crippen LogP contribution in [0.25, 0.3) is 0 Å². The van der Waals surface area contributed by atoms with Crippen LogP contribution < -0.4 is 10.6 Å². The van der Waals surface area contributed by atoms with Crippen LogP contribution >= 0.6 is 0 Å². The minimum atomic E-state index is -1.14. The molecule has 1 unspecified atom stereocenters. The molecule has 4 N–H and O–H groups in total. The molecule has 0 heterocycles. The van der Waals surface area contributed by atoms with Gasteiger partial charge in [-0.15, -0.1) is 6.58 Å². The molecular formula is C24H30N2O4. The minimum Gasteiger partial charge on any atom is -0.465 e. The van der Waals surface area contributed by atoms with E-state index in [4.69, 9.17) is 4.74 Å². The van der Waals surface area contributed by atoms with Crippen LogP contribution in [-0.4, -0.2) is 41.6 Å². The number of rotatable bonds is 10. The molecule has 1 aliphatic rings. The van der Waals surface area contributed by atoms with E-state index in [1.165, 1.54) is 11.1 Å². The van der Waals surface area contributed by atoms with Crippen molar-refractivity contribution in [2.45, 2.75) is 44.1 Å². The van der Waals surface area contributed by atoms with E-state index < -0.39 is 18.2 Å². The highest BCUT2D eigenvalue weighted by molar-refractivity contribution is 5.65. The Morgan fingerprint density at radius 3 is 2.73 bits per heavy atom. The first kappa shape index (κ1) is 22.0. The fraction of sp³-hybridized carbons (Fsp3) is 0.375. The van der Waals surface area contributed by atoms with Crippen LogP contribution in [0.5, 0.6) is 0 Å². The molecule has 30 heavy (non-hydrogen) atoms. The molecule has 0 saturated carbocycles. The summed E-state index contributed by atoms with van der Waals surface area (Å²) in [5, 5.41) is 25.8. The van der Waals surface area contributed by atoms with Gasteiger partial charge in [0.2, 0.25) is 0 Å². The number of carbonyl (C=O) groups is 1. The molecule has 1 amide bonds. The predicted molar refractivity (Wildman–Crippen MR) is 117 cm³/mol. The zero-order valence-corrected chi connectivity index (χ0v) is 17.3. The number of benzene rings is 2. The minimum absolute atomic E-state index is 0.0227. The first-order chi connectivity index (χ1) is 14.5. The fourth-order valence-electron chi connectivity index (χ4n) is 4.01. The SMILES string of the molecule is C=CCO[C@@H]1C[C@H](NC[C@@H](O)C(Cc2ccccc2)NC(=O)O)c2cc(C)ccc21. The molecule has 0 saturated heterocycles. The summed E-state index contributed by atoms with van der Waals surface area (Å²) in [6.45, 7) is 6.52. The van der Waals surface area contributed by atoms with Gasteiger partial charge in [0, 0.05) is 12.6 Å². The second kappa shape index (κ2) is 10.4. The fourth-order valence-corrected chi connectivity index (χ4v) is 4.01. The molecule has 160 valence electrons. The Kier molecular flexibility index (Phi) is 7.63. The van der Waals surface area contributed by atoms with Gasteiger partial charge in [0.1, 0.15) is 0 Å². The van der Waals surface area contributed by atoms with E-state index in [9.17, 15) is 15.0 Å². The Morgan fingerprint density at radius 2 is 2.03 bits per heavy atom. The summed E-state index contributed by atoms with van der Waals surface area (Å²) in [7, 11) is 0. The normalized spacial score (nSPS) is 19.7. The Labute approximate surface area is 177 Å². The van der Waals surface area contributed by atoms with E-state index >= 15 is 0 Å². The van der Waals surface area contributed by atoms with E-state index in [1.807, 2.05) is 30.3 Å². The Balaban J connectivity index is 1.67. The maximum absolute atomic E-state index is 11.2. The van der Waals surface area contributed by atoms with Crippen molar-refractivity contribution in [1.82, 2.24) is 10.6 Å². The molecule has 0 bridgehead atoms. The van der Waals surface area contributed by atoms with E-state index in [0.717, 1.165) is 17.5 Å². The van der Waals surface area contributed by atoms with E-state index in [2.05, 4.69) is 42.3 Å². The van der Waals surface area contributed by atoms with Gasteiger partial charge in [0.25, 0.3) is 0 Å². The van der Waals surface area contributed by atoms with Crippen LogP contribution in [0.2, 0.25) is 0 Å². The molecule has 2 aromatic rings. The lowest BCUT2D eigenvalue weighted by Gasteiger charge is -2.25. The lowest BCUT2D eigenvalue weighted by molar-refractivity contribution is 0.0672. The average Bonchev–Trinajstić information content (AvgIpc) is 3.07. The van der Waals surface area contributed by atoms with Crippen LogP contribution in [0, 0.1) is 6.92 Å². The van der Waals surface area contributed by atoms with Crippen LogP contribution in [0.3, 0.4) is 0 Å². The van der Waals surface area contributed by atoms with Crippen LogP contribution in [0.1, 0.15) is 40.8 Å². The monoisotopic (exact) mass is 410 g/mol. The van der Waals surface area contributed by atoms with Gasteiger partial charge in [-0.2, -0.15) is 0 Å². The molecule has 0 aromatic heterocycles. The molecule has 2 aromatic carbocycles. The molecule has 4 atom stereocenters. The van der Waals surface area contributed by atoms with Gasteiger partial charge in [-0.3, -0.25) is 0 Å². The molecule has 1 aliphatic carbocycles. The quantitative estimate of drug-likeness (QED) is 0.450. The Morgan fingerprint density at radius 1 is 1.27 bits per heavy atom. The van der Waals surface area contributed by atoms with Crippen molar-refractivity contribution in [2.75, 3.05) is 13.2 Å². The first-order valence-electron chi connectivity index (χ1n) is 10.3. The van der Waals surface area contributed by atoms with Crippen molar-refractivity contribution in [3.8, 4) is 0 Å². The van der Waals surface area contributed by atoms with Gasteiger partial charge >= 0.3 is 6.09 Å². The van der Waals surface area contributed by atoms with Crippen molar-refractivity contribution in [3.05, 3.63) is 83.4 Å². The zero-order chi connectivity index (χ0) is 21.5. The number of carboxylic acid groups (broad SMARTS) is 1. The van der Waals surface area contributed by atoms with Gasteiger partial charge in [0.05, 0.1) is 24.9 Å². The molecule has 0 radical (unpaired) electrons. The summed E-state index contributed by atoms with van der Waals surface area (Å²) < 4.78 is 5.92. The summed E-state index contributed by atoms with van der Waals surface area (Å²) in [5.41, 5.74) is 4.45. The highest BCUT2D eigenvalue weighted by Crippen LogP contribution is 2.41. The molecule has 6 heteroatoms. The number of hydrogen-bond acceptors (Lipinski definition) is 4. The smallest absolute Gasteiger partial charge is 0.404 e. The lowest BCUT2D eigenvalue weighted by Crippen LogP contribution is -2.48. The summed E-state index contributed by atoms with van der Waals surface area (Å²) in [6, 6.07) is 15.3. The van der Waals surface area contributed by atoms with Crippen molar-refractivity contribution in [3.63, 3.8) is 0 Å². The van der Waals surface area contributed by atoms with Gasteiger partial charge in [-0.05, 0) is 36.5 Å². The number of aliphatic hydroxyl groups excluding tert-OH is 1. The van der Waals surface area contributed by atoms with Crippen LogP contribution in [0.4, 0.5) is 4.79 Å².